The van der Waals surface area contributed by atoms with Gasteiger partial charge in [-0.2, -0.15) is 0 Å². The Morgan fingerprint density at radius 2 is 2.05 bits per heavy atom. The van der Waals surface area contributed by atoms with Gasteiger partial charge in [-0.15, -0.1) is 0 Å². The molecule has 2 rings (SSSR count). The Morgan fingerprint density at radius 1 is 1.40 bits per heavy atom. The third-order valence-corrected chi connectivity index (χ3v) is 3.84. The van der Waals surface area contributed by atoms with E-state index >= 15 is 0 Å². The maximum absolute atomic E-state index is 12.3. The highest BCUT2D eigenvalue weighted by molar-refractivity contribution is 5.93. The zero-order chi connectivity index (χ0) is 14.5. The summed E-state index contributed by atoms with van der Waals surface area (Å²) in [6.45, 7) is 6.97. The van der Waals surface area contributed by atoms with E-state index in [0.717, 1.165) is 31.6 Å². The molecule has 0 atom stereocenters. The maximum atomic E-state index is 12.3. The maximum Gasteiger partial charge on any atom is 0.272 e. The number of aliphatic hydroxyl groups excluding tert-OH is 1. The van der Waals surface area contributed by atoms with Crippen molar-refractivity contribution in [2.24, 2.45) is 0 Å². The molecule has 0 radical (unpaired) electrons. The number of carbonyl (C=O) groups excluding carboxylic acids is 1. The van der Waals surface area contributed by atoms with Gasteiger partial charge in [0.1, 0.15) is 5.69 Å². The van der Waals surface area contributed by atoms with Gasteiger partial charge in [-0.1, -0.05) is 0 Å². The molecule has 110 valence electrons. The molecule has 0 bridgehead atoms. The van der Waals surface area contributed by atoms with Gasteiger partial charge >= 0.3 is 0 Å². The van der Waals surface area contributed by atoms with Gasteiger partial charge in [0.05, 0.1) is 6.10 Å². The topological polar surface area (TPSA) is 56.7 Å². The van der Waals surface area contributed by atoms with Crippen LogP contribution in [-0.2, 0) is 0 Å². The largest absolute Gasteiger partial charge is 0.393 e. The minimum Gasteiger partial charge on any atom is -0.393 e. The molecule has 0 aromatic carbocycles. The minimum atomic E-state index is -0.190. The Morgan fingerprint density at radius 3 is 2.65 bits per heavy atom. The first-order chi connectivity index (χ1) is 9.65. The van der Waals surface area contributed by atoms with Gasteiger partial charge in [0.2, 0.25) is 0 Å². The fraction of sp³-hybridized carbons (Fsp3) is 0.600. The normalized spacial score (nSPS) is 16.2. The van der Waals surface area contributed by atoms with Gasteiger partial charge in [-0.05, 0) is 38.8 Å². The molecule has 1 saturated heterocycles. The lowest BCUT2D eigenvalue weighted by Gasteiger charge is -2.31. The van der Waals surface area contributed by atoms with E-state index in [0.29, 0.717) is 18.8 Å². The predicted octanol–water partition coefficient (Wildman–Crippen LogP) is 1.52. The molecule has 0 spiro atoms. The van der Waals surface area contributed by atoms with Crippen molar-refractivity contribution in [1.82, 2.24) is 9.88 Å². The lowest BCUT2D eigenvalue weighted by Crippen LogP contribution is -2.36. The highest BCUT2D eigenvalue weighted by atomic mass is 16.3. The predicted molar refractivity (Wildman–Crippen MR) is 78.9 cm³/mol. The first-order valence-corrected chi connectivity index (χ1v) is 7.34. The van der Waals surface area contributed by atoms with Crippen LogP contribution in [0.25, 0.3) is 0 Å². The Hall–Kier alpha value is -1.62. The monoisotopic (exact) mass is 277 g/mol. The number of pyridine rings is 1. The second kappa shape index (κ2) is 6.70. The number of piperidine rings is 1. The minimum absolute atomic E-state index is 0.0195. The van der Waals surface area contributed by atoms with Crippen molar-refractivity contribution < 1.29 is 9.90 Å². The Kier molecular flexibility index (Phi) is 4.95. The van der Waals surface area contributed by atoms with E-state index in [9.17, 15) is 9.90 Å². The number of hydrogen-bond acceptors (Lipinski definition) is 4. The molecule has 1 N–H and O–H groups in total. The van der Waals surface area contributed by atoms with Crippen molar-refractivity contribution >= 4 is 11.6 Å². The molecule has 1 aliphatic heterocycles. The van der Waals surface area contributed by atoms with Crippen molar-refractivity contribution in [2.75, 3.05) is 31.1 Å². The summed E-state index contributed by atoms with van der Waals surface area (Å²) in [5.41, 5.74) is 1.51. The van der Waals surface area contributed by atoms with Crippen LogP contribution in [0.4, 0.5) is 5.69 Å². The van der Waals surface area contributed by atoms with E-state index < -0.39 is 0 Å². The molecule has 2 heterocycles. The van der Waals surface area contributed by atoms with Crippen LogP contribution in [0.15, 0.2) is 18.3 Å². The van der Waals surface area contributed by atoms with Crippen molar-refractivity contribution in [3.05, 3.63) is 24.0 Å². The Labute approximate surface area is 120 Å². The van der Waals surface area contributed by atoms with Gasteiger partial charge in [0.25, 0.3) is 5.91 Å². The molecular formula is C15H23N3O2. The summed E-state index contributed by atoms with van der Waals surface area (Å²) in [5, 5.41) is 9.55. The van der Waals surface area contributed by atoms with Crippen LogP contribution in [0.2, 0.25) is 0 Å². The molecule has 1 aromatic rings. The van der Waals surface area contributed by atoms with Gasteiger partial charge in [0.15, 0.2) is 0 Å². The summed E-state index contributed by atoms with van der Waals surface area (Å²) in [5.74, 6) is -0.0195. The van der Waals surface area contributed by atoms with E-state index in [1.165, 1.54) is 0 Å². The Bertz CT molecular complexity index is 452. The Balaban J connectivity index is 2.13. The fourth-order valence-corrected chi connectivity index (χ4v) is 2.53. The van der Waals surface area contributed by atoms with Crippen LogP contribution in [0.5, 0.6) is 0 Å². The summed E-state index contributed by atoms with van der Waals surface area (Å²) < 4.78 is 0. The number of aliphatic hydroxyl groups is 1. The van der Waals surface area contributed by atoms with Crippen LogP contribution in [0.3, 0.4) is 0 Å². The summed E-state index contributed by atoms with van der Waals surface area (Å²) in [6, 6.07) is 3.79. The molecule has 1 aromatic heterocycles. The van der Waals surface area contributed by atoms with Gasteiger partial charge in [-0.25, -0.2) is 0 Å². The van der Waals surface area contributed by atoms with Crippen LogP contribution in [0.1, 0.15) is 37.2 Å². The standard InChI is InChI=1S/C15H23N3O2/c1-3-17(4-2)15(20)14-11-12(5-8-16-14)18-9-6-13(19)7-10-18/h5,8,11,13,19H,3-4,6-7,9-10H2,1-2H3. The van der Waals surface area contributed by atoms with Crippen molar-refractivity contribution in [1.29, 1.82) is 0 Å². The average Bonchev–Trinajstić information content (AvgIpc) is 2.49. The summed E-state index contributed by atoms with van der Waals surface area (Å²) >= 11 is 0. The van der Waals surface area contributed by atoms with Gasteiger partial charge in [-0.3, -0.25) is 9.78 Å². The third kappa shape index (κ3) is 3.28. The van der Waals surface area contributed by atoms with E-state index in [1.54, 1.807) is 11.1 Å². The van der Waals surface area contributed by atoms with Crippen molar-refractivity contribution in [2.45, 2.75) is 32.8 Å². The molecule has 0 unspecified atom stereocenters. The second-order valence-electron chi connectivity index (χ2n) is 5.09. The lowest BCUT2D eigenvalue weighted by molar-refractivity contribution is 0.0767. The van der Waals surface area contributed by atoms with E-state index in [-0.39, 0.29) is 12.0 Å². The molecule has 1 aliphatic rings. The molecular weight excluding hydrogens is 254 g/mol. The number of hydrogen-bond donors (Lipinski definition) is 1. The smallest absolute Gasteiger partial charge is 0.272 e. The number of rotatable bonds is 4. The summed E-state index contributed by atoms with van der Waals surface area (Å²) in [4.78, 5) is 20.5. The number of nitrogens with zero attached hydrogens (tertiary/aromatic N) is 3. The molecule has 5 heteroatoms. The number of anilines is 1. The first kappa shape index (κ1) is 14.8. The molecule has 0 aliphatic carbocycles. The third-order valence-electron chi connectivity index (χ3n) is 3.84. The van der Waals surface area contributed by atoms with E-state index in [4.69, 9.17) is 0 Å². The van der Waals surface area contributed by atoms with Gasteiger partial charge < -0.3 is 14.9 Å². The second-order valence-corrected chi connectivity index (χ2v) is 5.09. The summed E-state index contributed by atoms with van der Waals surface area (Å²) in [7, 11) is 0. The number of aromatic nitrogens is 1. The SMILES string of the molecule is CCN(CC)C(=O)c1cc(N2CCC(O)CC2)ccn1. The molecule has 5 nitrogen and oxygen atoms in total. The van der Waals surface area contributed by atoms with Crippen LogP contribution >= 0.6 is 0 Å². The van der Waals surface area contributed by atoms with E-state index in [1.807, 2.05) is 26.0 Å². The fourth-order valence-electron chi connectivity index (χ4n) is 2.53. The highest BCUT2D eigenvalue weighted by Crippen LogP contribution is 2.20. The van der Waals surface area contributed by atoms with Crippen molar-refractivity contribution in [3.8, 4) is 0 Å². The average molecular weight is 277 g/mol. The quantitative estimate of drug-likeness (QED) is 0.906. The van der Waals surface area contributed by atoms with Crippen LogP contribution in [-0.4, -0.2) is 53.2 Å². The number of carbonyl (C=O) groups is 1. The first-order valence-electron chi connectivity index (χ1n) is 7.34. The number of amides is 1. The molecule has 1 amide bonds. The molecule has 20 heavy (non-hydrogen) atoms. The zero-order valence-corrected chi connectivity index (χ0v) is 12.2. The van der Waals surface area contributed by atoms with Crippen LogP contribution in [0, 0.1) is 0 Å². The van der Waals surface area contributed by atoms with E-state index in [2.05, 4.69) is 9.88 Å². The highest BCUT2D eigenvalue weighted by Gasteiger charge is 2.19. The zero-order valence-electron chi connectivity index (χ0n) is 12.2. The van der Waals surface area contributed by atoms with Crippen LogP contribution < -0.4 is 4.90 Å². The lowest BCUT2D eigenvalue weighted by atomic mass is 10.1. The van der Waals surface area contributed by atoms with Gasteiger partial charge in [0, 0.05) is 38.1 Å². The van der Waals surface area contributed by atoms with Crippen molar-refractivity contribution in [3.63, 3.8) is 0 Å². The molecule has 1 fully saturated rings. The molecule has 0 saturated carbocycles. The summed E-state index contributed by atoms with van der Waals surface area (Å²) in [6.07, 6.45) is 3.06.